The highest BCUT2D eigenvalue weighted by Crippen LogP contribution is 1.99. The van der Waals surface area contributed by atoms with Gasteiger partial charge in [-0.2, -0.15) is 0 Å². The number of hydrogen-bond donors (Lipinski definition) is 1. The summed E-state index contributed by atoms with van der Waals surface area (Å²) in [6.45, 7) is 6.19. The molecule has 0 bridgehead atoms. The van der Waals surface area contributed by atoms with E-state index in [1.807, 2.05) is 0 Å². The lowest BCUT2D eigenvalue weighted by atomic mass is 10.3. The van der Waals surface area contributed by atoms with E-state index in [2.05, 4.69) is 19.2 Å². The predicted molar refractivity (Wildman–Crippen MR) is 26.8 cm³/mol. The molecule has 0 aromatic heterocycles. The van der Waals surface area contributed by atoms with Gasteiger partial charge in [-0.3, -0.25) is 0 Å². The molecule has 0 aromatic carbocycles. The normalized spacial score (nSPS) is 28.3. The van der Waals surface area contributed by atoms with Crippen LogP contribution in [0.4, 0.5) is 0 Å². The van der Waals surface area contributed by atoms with Gasteiger partial charge in [-0.15, -0.1) is 0 Å². The van der Waals surface area contributed by atoms with Gasteiger partial charge in [0.25, 0.3) is 0 Å². The SMILES string of the molecule is CC1(C)[NH2+]CCO1. The van der Waals surface area contributed by atoms with Crippen LogP contribution in [0.25, 0.3) is 0 Å². The molecule has 1 aliphatic heterocycles. The molecular formula is C5H12NO+. The standard InChI is InChI=1S/C5H11NO/c1-5(2)6-3-4-7-5/h6H,3-4H2,1-2H3/p+1. The first-order chi connectivity index (χ1) is 3.21. The summed E-state index contributed by atoms with van der Waals surface area (Å²) in [4.78, 5) is 0. The van der Waals surface area contributed by atoms with E-state index in [0.717, 1.165) is 13.2 Å². The van der Waals surface area contributed by atoms with Crippen LogP contribution < -0.4 is 5.32 Å². The average Bonchev–Trinajstić information content (AvgIpc) is 1.84. The average molecular weight is 102 g/mol. The van der Waals surface area contributed by atoms with Gasteiger partial charge in [0, 0.05) is 13.8 Å². The van der Waals surface area contributed by atoms with Crippen molar-refractivity contribution in [1.29, 1.82) is 0 Å². The fourth-order valence-corrected chi connectivity index (χ4v) is 0.787. The van der Waals surface area contributed by atoms with Crippen molar-refractivity contribution in [2.24, 2.45) is 0 Å². The minimum atomic E-state index is 0.0694. The van der Waals surface area contributed by atoms with Crippen LogP contribution >= 0.6 is 0 Å². The molecule has 1 fully saturated rings. The summed E-state index contributed by atoms with van der Waals surface area (Å²) in [5, 5.41) is 2.20. The summed E-state index contributed by atoms with van der Waals surface area (Å²) >= 11 is 0. The van der Waals surface area contributed by atoms with E-state index in [1.165, 1.54) is 0 Å². The molecule has 2 N–H and O–H groups in total. The van der Waals surface area contributed by atoms with E-state index in [9.17, 15) is 0 Å². The maximum Gasteiger partial charge on any atom is 0.194 e. The van der Waals surface area contributed by atoms with E-state index >= 15 is 0 Å². The van der Waals surface area contributed by atoms with Crippen LogP contribution in [0.1, 0.15) is 13.8 Å². The van der Waals surface area contributed by atoms with Crippen LogP contribution in [0.5, 0.6) is 0 Å². The highest BCUT2D eigenvalue weighted by atomic mass is 16.5. The molecule has 0 unspecified atom stereocenters. The Hall–Kier alpha value is -0.0800. The molecule has 2 nitrogen and oxygen atoms in total. The van der Waals surface area contributed by atoms with Gasteiger partial charge in [-0.1, -0.05) is 0 Å². The predicted octanol–water partition coefficient (Wildman–Crippen LogP) is -0.684. The second kappa shape index (κ2) is 1.46. The van der Waals surface area contributed by atoms with E-state index < -0.39 is 0 Å². The Morgan fingerprint density at radius 1 is 1.57 bits per heavy atom. The van der Waals surface area contributed by atoms with Gasteiger partial charge in [-0.25, -0.2) is 0 Å². The third kappa shape index (κ3) is 1.14. The van der Waals surface area contributed by atoms with E-state index in [-0.39, 0.29) is 5.72 Å². The van der Waals surface area contributed by atoms with Gasteiger partial charge < -0.3 is 10.1 Å². The maximum atomic E-state index is 5.28. The lowest BCUT2D eigenvalue weighted by molar-refractivity contribution is -0.725. The van der Waals surface area contributed by atoms with Gasteiger partial charge >= 0.3 is 0 Å². The summed E-state index contributed by atoms with van der Waals surface area (Å²) in [6, 6.07) is 0. The Balaban J connectivity index is 2.40. The Labute approximate surface area is 43.9 Å². The summed E-state index contributed by atoms with van der Waals surface area (Å²) in [6.07, 6.45) is 0. The van der Waals surface area contributed by atoms with Crippen molar-refractivity contribution in [3.8, 4) is 0 Å². The molecule has 0 atom stereocenters. The summed E-state index contributed by atoms with van der Waals surface area (Å²) in [7, 11) is 0. The fourth-order valence-electron chi connectivity index (χ4n) is 0.787. The van der Waals surface area contributed by atoms with Crippen molar-refractivity contribution < 1.29 is 10.1 Å². The van der Waals surface area contributed by atoms with Crippen LogP contribution in [0.2, 0.25) is 0 Å². The molecule has 1 saturated heterocycles. The van der Waals surface area contributed by atoms with Crippen LogP contribution in [0, 0.1) is 0 Å². The van der Waals surface area contributed by atoms with Gasteiger partial charge in [0.2, 0.25) is 0 Å². The summed E-state index contributed by atoms with van der Waals surface area (Å²) in [5.74, 6) is 0. The van der Waals surface area contributed by atoms with E-state index in [1.54, 1.807) is 0 Å². The molecule has 0 amide bonds. The van der Waals surface area contributed by atoms with Crippen molar-refractivity contribution in [2.75, 3.05) is 13.2 Å². The number of rotatable bonds is 0. The molecule has 1 heterocycles. The van der Waals surface area contributed by atoms with Crippen LogP contribution in [0.15, 0.2) is 0 Å². The highest BCUT2D eigenvalue weighted by molar-refractivity contribution is 4.51. The van der Waals surface area contributed by atoms with Crippen LogP contribution in [-0.2, 0) is 4.74 Å². The van der Waals surface area contributed by atoms with Gasteiger partial charge in [0.1, 0.15) is 13.2 Å². The quantitative estimate of drug-likeness (QED) is 0.430. The van der Waals surface area contributed by atoms with E-state index in [0.29, 0.717) is 0 Å². The first-order valence-electron chi connectivity index (χ1n) is 2.69. The van der Waals surface area contributed by atoms with Gasteiger partial charge in [0.15, 0.2) is 5.72 Å². The van der Waals surface area contributed by atoms with Crippen molar-refractivity contribution >= 4 is 0 Å². The second-order valence-electron chi connectivity index (χ2n) is 2.44. The Morgan fingerprint density at radius 3 is 2.43 bits per heavy atom. The first kappa shape index (κ1) is 5.06. The minimum Gasteiger partial charge on any atom is -0.322 e. The van der Waals surface area contributed by atoms with Crippen molar-refractivity contribution in [3.05, 3.63) is 0 Å². The molecule has 0 radical (unpaired) electrons. The Kier molecular flexibility index (Phi) is 1.05. The maximum absolute atomic E-state index is 5.28. The van der Waals surface area contributed by atoms with Gasteiger partial charge in [-0.05, 0) is 0 Å². The zero-order chi connectivity index (χ0) is 5.33. The zero-order valence-electron chi connectivity index (χ0n) is 4.90. The molecule has 0 aromatic rings. The molecule has 0 aliphatic carbocycles. The minimum absolute atomic E-state index is 0.0694. The third-order valence-electron chi connectivity index (χ3n) is 1.23. The fraction of sp³-hybridized carbons (Fsp3) is 1.00. The van der Waals surface area contributed by atoms with Crippen molar-refractivity contribution in [1.82, 2.24) is 0 Å². The summed E-state index contributed by atoms with van der Waals surface area (Å²) < 4.78 is 5.28. The van der Waals surface area contributed by atoms with Crippen molar-refractivity contribution in [3.63, 3.8) is 0 Å². The molecule has 7 heavy (non-hydrogen) atoms. The Bertz CT molecular complexity index is 62.5. The number of ether oxygens (including phenoxy) is 1. The molecule has 2 heteroatoms. The first-order valence-corrected chi connectivity index (χ1v) is 2.69. The second-order valence-corrected chi connectivity index (χ2v) is 2.44. The molecule has 1 aliphatic rings. The Morgan fingerprint density at radius 2 is 2.29 bits per heavy atom. The zero-order valence-corrected chi connectivity index (χ0v) is 4.90. The molecule has 1 rings (SSSR count). The number of quaternary nitrogens is 1. The van der Waals surface area contributed by atoms with Crippen molar-refractivity contribution in [2.45, 2.75) is 19.6 Å². The number of hydrogen-bond acceptors (Lipinski definition) is 1. The molecule has 0 spiro atoms. The highest BCUT2D eigenvalue weighted by Gasteiger charge is 2.26. The largest absolute Gasteiger partial charge is 0.322 e. The molecule has 42 valence electrons. The number of nitrogens with two attached hydrogens (primary N) is 1. The monoisotopic (exact) mass is 102 g/mol. The lowest BCUT2D eigenvalue weighted by Crippen LogP contribution is -2.92. The van der Waals surface area contributed by atoms with Crippen LogP contribution in [-0.4, -0.2) is 18.9 Å². The smallest absolute Gasteiger partial charge is 0.194 e. The van der Waals surface area contributed by atoms with Gasteiger partial charge in [0.05, 0.1) is 0 Å². The van der Waals surface area contributed by atoms with Crippen LogP contribution in [0.3, 0.4) is 0 Å². The molecule has 0 saturated carbocycles. The summed E-state index contributed by atoms with van der Waals surface area (Å²) in [5.41, 5.74) is 0.0694. The topological polar surface area (TPSA) is 25.8 Å². The third-order valence-corrected chi connectivity index (χ3v) is 1.23. The van der Waals surface area contributed by atoms with E-state index in [4.69, 9.17) is 4.74 Å². The lowest BCUT2D eigenvalue weighted by Gasteiger charge is -2.10. The molecular weight excluding hydrogens is 90.1 g/mol.